The zero-order valence-corrected chi connectivity index (χ0v) is 28.0. The zero-order valence-electron chi connectivity index (χ0n) is 25.9. The van der Waals surface area contributed by atoms with E-state index in [9.17, 15) is 14.4 Å². The first-order chi connectivity index (χ1) is 22.1. The molecule has 3 saturated heterocycles. The van der Waals surface area contributed by atoms with Crippen molar-refractivity contribution in [2.24, 2.45) is 0 Å². The summed E-state index contributed by atoms with van der Waals surface area (Å²) in [5.41, 5.74) is 4.98. The third-order valence-corrected chi connectivity index (χ3v) is 12.3. The summed E-state index contributed by atoms with van der Waals surface area (Å²) in [6, 6.07) is 27.5. The number of aryl methyl sites for hydroxylation is 1. The van der Waals surface area contributed by atoms with Gasteiger partial charge in [0.25, 0.3) is 0 Å². The number of alkyl halides is 1. The van der Waals surface area contributed by atoms with Crippen LogP contribution in [0.25, 0.3) is 21.9 Å². The van der Waals surface area contributed by atoms with Crippen molar-refractivity contribution in [2.75, 3.05) is 24.7 Å². The van der Waals surface area contributed by atoms with Crippen molar-refractivity contribution < 1.29 is 28.3 Å². The predicted molar refractivity (Wildman–Crippen MR) is 187 cm³/mol. The second-order valence-electron chi connectivity index (χ2n) is 13.1. The number of anilines is 2. The Balaban J connectivity index is 0.992. The van der Waals surface area contributed by atoms with Gasteiger partial charge in [-0.3, -0.25) is 14.9 Å². The molecule has 0 aliphatic carbocycles. The van der Waals surface area contributed by atoms with Gasteiger partial charge in [0.15, 0.2) is 9.65 Å². The van der Waals surface area contributed by atoms with E-state index >= 15 is 0 Å². The van der Waals surface area contributed by atoms with Crippen LogP contribution >= 0.6 is 22.6 Å². The Bertz CT molecular complexity index is 1830. The highest BCUT2D eigenvalue weighted by atomic mass is 127. The molecule has 0 aromatic heterocycles. The van der Waals surface area contributed by atoms with Crippen LogP contribution in [-0.4, -0.2) is 64.8 Å². The number of amides is 2. The predicted octanol–water partition coefficient (Wildman–Crippen LogP) is 7.35. The first-order valence-corrected chi connectivity index (χ1v) is 16.9. The number of aldehydes is 1. The number of rotatable bonds is 9. The third-order valence-electron chi connectivity index (χ3n) is 9.98. The van der Waals surface area contributed by atoms with Gasteiger partial charge in [-0.15, -0.1) is 0 Å². The summed E-state index contributed by atoms with van der Waals surface area (Å²) < 4.78 is 12.8. The summed E-state index contributed by atoms with van der Waals surface area (Å²) in [6.07, 6.45) is 3.95. The molecular weight excluding hydrogens is 693 g/mol. The SMILES string of the molecule is C[N+]1(C)[C@H]2C[C@H](OC(=O)Nc3cc(CCCC(=O)Nc4ccc5cc(C=O)ccc5c4)ccc3-c3ccccc3)C[C@@]1(I)[C@@H]1O[C@H]12. The van der Waals surface area contributed by atoms with Crippen molar-refractivity contribution in [3.05, 3.63) is 96.1 Å². The van der Waals surface area contributed by atoms with Crippen molar-refractivity contribution in [1.29, 1.82) is 0 Å². The Kier molecular flexibility index (Phi) is 8.11. The second-order valence-corrected chi connectivity index (χ2v) is 15.0. The normalized spacial score (nSPS) is 25.4. The summed E-state index contributed by atoms with van der Waals surface area (Å²) in [6.45, 7) is 0. The number of ether oxygens (including phenoxy) is 2. The molecule has 0 radical (unpaired) electrons. The molecule has 236 valence electrons. The van der Waals surface area contributed by atoms with Crippen LogP contribution in [0.3, 0.4) is 0 Å². The number of benzene rings is 4. The lowest BCUT2D eigenvalue weighted by Crippen LogP contribution is -2.65. The average molecular weight is 731 g/mol. The van der Waals surface area contributed by atoms with E-state index in [1.54, 1.807) is 6.07 Å². The molecule has 3 aliphatic rings. The summed E-state index contributed by atoms with van der Waals surface area (Å²) in [5.74, 6) is -0.0639. The summed E-state index contributed by atoms with van der Waals surface area (Å²) >= 11 is 2.53. The van der Waals surface area contributed by atoms with Crippen molar-refractivity contribution in [2.45, 2.75) is 60.0 Å². The number of hydrogen-bond acceptors (Lipinski definition) is 5. The Morgan fingerprint density at radius 1 is 1.00 bits per heavy atom. The van der Waals surface area contributed by atoms with Gasteiger partial charge in [0.05, 0.1) is 26.2 Å². The number of piperidine rings is 1. The van der Waals surface area contributed by atoms with Gasteiger partial charge in [-0.1, -0.05) is 60.7 Å². The summed E-state index contributed by atoms with van der Waals surface area (Å²) in [4.78, 5) is 37.2. The number of hydrogen-bond donors (Lipinski definition) is 2. The van der Waals surface area contributed by atoms with Crippen LogP contribution in [0.2, 0.25) is 0 Å². The molecule has 2 amide bonds. The van der Waals surface area contributed by atoms with Crippen molar-refractivity contribution >= 4 is 63.0 Å². The molecule has 7 rings (SSSR count). The number of halogens is 1. The standard InChI is InChI=1S/C37H36IN3O5/c1-41(2)32-20-29(21-37(41,38)35-34(32)46-35)45-36(44)40-31-18-23(12-16-30(31)25-8-4-3-5-9-25)7-6-10-33(43)39-28-15-14-26-17-24(22-42)11-13-27(26)19-28/h3-5,8-9,11-19,22,29,32,34-35H,6-7,10,20-21H2,1-2H3,(H-,39,40,42,43,44)/p+1/t29-,32-,34-,35+,37-/m0/s1. The lowest BCUT2D eigenvalue weighted by molar-refractivity contribution is -0.943. The zero-order chi connectivity index (χ0) is 32.1. The van der Waals surface area contributed by atoms with Gasteiger partial charge in [0.2, 0.25) is 5.91 Å². The van der Waals surface area contributed by atoms with Gasteiger partial charge in [0.1, 0.15) is 24.5 Å². The molecule has 3 aliphatic heterocycles. The Morgan fingerprint density at radius 3 is 2.57 bits per heavy atom. The van der Waals surface area contributed by atoms with E-state index in [-0.39, 0.29) is 27.8 Å². The van der Waals surface area contributed by atoms with E-state index in [2.05, 4.69) is 53.4 Å². The maximum absolute atomic E-state index is 13.3. The third kappa shape index (κ3) is 5.80. The molecule has 0 spiro atoms. The number of fused-ring (bicyclic) bond motifs is 6. The molecular formula is C37H37IN3O5+. The minimum absolute atomic E-state index is 0.0639. The first kappa shape index (κ1) is 30.8. The molecule has 4 aromatic carbocycles. The highest BCUT2D eigenvalue weighted by molar-refractivity contribution is 14.1. The van der Waals surface area contributed by atoms with E-state index in [0.29, 0.717) is 36.6 Å². The van der Waals surface area contributed by atoms with Gasteiger partial charge in [0, 0.05) is 29.7 Å². The number of carbonyl (C=O) groups excluding carboxylic acids is 3. The molecule has 46 heavy (non-hydrogen) atoms. The van der Waals surface area contributed by atoms with Crippen LogP contribution in [-0.2, 0) is 20.7 Å². The number of likely N-dealkylation sites (N-methyl/N-ethyl adjacent to an activating group) is 1. The fourth-order valence-electron chi connectivity index (χ4n) is 7.36. The number of nitrogens with zero attached hydrogens (tertiary/aromatic N) is 1. The van der Waals surface area contributed by atoms with E-state index < -0.39 is 6.09 Å². The highest BCUT2D eigenvalue weighted by Crippen LogP contribution is 2.61. The van der Waals surface area contributed by atoms with Crippen LogP contribution in [0.5, 0.6) is 0 Å². The number of quaternary nitrogens is 1. The smallest absolute Gasteiger partial charge is 0.411 e. The van der Waals surface area contributed by atoms with Gasteiger partial charge in [-0.05, 0) is 81.6 Å². The van der Waals surface area contributed by atoms with Crippen LogP contribution in [0.4, 0.5) is 16.2 Å². The van der Waals surface area contributed by atoms with Crippen LogP contribution < -0.4 is 10.6 Å². The molecule has 2 N–H and O–H groups in total. The molecule has 5 atom stereocenters. The average Bonchev–Trinajstić information content (AvgIpc) is 3.83. The first-order valence-electron chi connectivity index (χ1n) is 15.8. The van der Waals surface area contributed by atoms with Gasteiger partial charge in [-0.2, -0.15) is 0 Å². The van der Waals surface area contributed by atoms with E-state index in [0.717, 1.165) is 56.8 Å². The second kappa shape index (κ2) is 12.1. The topological polar surface area (TPSA) is 97.0 Å². The van der Waals surface area contributed by atoms with Gasteiger partial charge in [-0.25, -0.2) is 4.79 Å². The van der Waals surface area contributed by atoms with Crippen LogP contribution in [0.1, 0.15) is 41.6 Å². The lowest BCUT2D eigenvalue weighted by atomic mass is 9.96. The molecule has 3 heterocycles. The highest BCUT2D eigenvalue weighted by Gasteiger charge is 2.78. The largest absolute Gasteiger partial charge is 0.445 e. The maximum atomic E-state index is 13.3. The fourth-order valence-corrected chi connectivity index (χ4v) is 8.71. The minimum atomic E-state index is -0.447. The van der Waals surface area contributed by atoms with Gasteiger partial charge >= 0.3 is 6.09 Å². The Labute approximate surface area is 282 Å². The Hall–Kier alpha value is -3.80. The molecule has 0 unspecified atom stereocenters. The Morgan fingerprint density at radius 2 is 1.78 bits per heavy atom. The van der Waals surface area contributed by atoms with Crippen LogP contribution in [0.15, 0.2) is 84.9 Å². The lowest BCUT2D eigenvalue weighted by Gasteiger charge is -2.50. The van der Waals surface area contributed by atoms with E-state index in [1.807, 2.05) is 72.8 Å². The summed E-state index contributed by atoms with van der Waals surface area (Å²) in [5, 5.41) is 7.95. The molecule has 4 aromatic rings. The number of morpholine rings is 1. The van der Waals surface area contributed by atoms with Crippen molar-refractivity contribution in [1.82, 2.24) is 0 Å². The van der Waals surface area contributed by atoms with Gasteiger partial charge < -0.3 is 19.3 Å². The molecule has 2 bridgehead atoms. The van der Waals surface area contributed by atoms with Crippen molar-refractivity contribution in [3.63, 3.8) is 0 Å². The minimum Gasteiger partial charge on any atom is -0.445 e. The van der Waals surface area contributed by atoms with Crippen LogP contribution in [0, 0.1) is 0 Å². The maximum Gasteiger partial charge on any atom is 0.411 e. The molecule has 9 heteroatoms. The summed E-state index contributed by atoms with van der Waals surface area (Å²) in [7, 11) is 4.53. The van der Waals surface area contributed by atoms with Crippen molar-refractivity contribution in [3.8, 4) is 11.1 Å². The number of epoxide rings is 1. The fraction of sp³-hybridized carbons (Fsp3) is 0.324. The monoisotopic (exact) mass is 730 g/mol. The number of nitrogens with one attached hydrogen (secondary N) is 2. The quantitative estimate of drug-likeness (QED) is 0.0469. The van der Waals surface area contributed by atoms with E-state index in [1.165, 1.54) is 0 Å². The molecule has 0 saturated carbocycles. The molecule has 8 nitrogen and oxygen atoms in total. The number of carbonyl (C=O) groups is 3. The molecule has 3 fully saturated rings. The van der Waals surface area contributed by atoms with E-state index in [4.69, 9.17) is 9.47 Å².